The van der Waals surface area contributed by atoms with Gasteiger partial charge in [-0.15, -0.1) is 0 Å². The Morgan fingerprint density at radius 3 is 2.57 bits per heavy atom. The first-order valence-electron chi connectivity index (χ1n) is 4.88. The van der Waals surface area contributed by atoms with E-state index < -0.39 is 0 Å². The lowest BCUT2D eigenvalue weighted by molar-refractivity contribution is 0.503. The molecule has 78 valence electrons. The average molecular weight is 213 g/mol. The van der Waals surface area contributed by atoms with Crippen molar-refractivity contribution in [2.24, 2.45) is 11.7 Å². The standard InChI is InChI=1S/C11H17ClN2/c1-7(2)9(4-13)10-5-14-6-11(12)8(10)3/h5-7,9H,4,13H2,1-3H3. The average Bonchev–Trinajstić information content (AvgIpc) is 2.13. The molecule has 0 saturated heterocycles. The number of nitrogens with zero attached hydrogens (tertiary/aromatic N) is 1. The highest BCUT2D eigenvalue weighted by Crippen LogP contribution is 2.28. The van der Waals surface area contributed by atoms with Crippen molar-refractivity contribution in [1.29, 1.82) is 0 Å². The Labute approximate surface area is 90.5 Å². The zero-order chi connectivity index (χ0) is 10.7. The summed E-state index contributed by atoms with van der Waals surface area (Å²) in [5.41, 5.74) is 8.03. The Hall–Kier alpha value is -0.600. The van der Waals surface area contributed by atoms with Gasteiger partial charge in [-0.3, -0.25) is 4.98 Å². The summed E-state index contributed by atoms with van der Waals surface area (Å²) in [5.74, 6) is 0.861. The van der Waals surface area contributed by atoms with Gasteiger partial charge in [-0.05, 0) is 30.5 Å². The molecule has 2 N–H and O–H groups in total. The minimum atomic E-state index is 0.348. The molecular formula is C11H17ClN2. The third kappa shape index (κ3) is 2.25. The molecule has 0 saturated carbocycles. The number of hydrogen-bond donors (Lipinski definition) is 1. The number of halogens is 1. The molecule has 0 amide bonds. The molecule has 1 aromatic rings. The zero-order valence-electron chi connectivity index (χ0n) is 8.92. The van der Waals surface area contributed by atoms with Gasteiger partial charge in [0.05, 0.1) is 5.02 Å². The summed E-state index contributed by atoms with van der Waals surface area (Å²) in [6, 6.07) is 0. The largest absolute Gasteiger partial charge is 0.330 e. The molecule has 0 radical (unpaired) electrons. The molecule has 0 bridgehead atoms. The summed E-state index contributed by atoms with van der Waals surface area (Å²) in [6.45, 7) is 6.99. The maximum Gasteiger partial charge on any atom is 0.0621 e. The van der Waals surface area contributed by atoms with Crippen LogP contribution >= 0.6 is 11.6 Å². The topological polar surface area (TPSA) is 38.9 Å². The van der Waals surface area contributed by atoms with Crippen LogP contribution in [0.25, 0.3) is 0 Å². The molecule has 0 fully saturated rings. The van der Waals surface area contributed by atoms with Crippen molar-refractivity contribution in [2.75, 3.05) is 6.54 Å². The Morgan fingerprint density at radius 2 is 2.07 bits per heavy atom. The molecule has 0 aliphatic carbocycles. The van der Waals surface area contributed by atoms with Gasteiger partial charge in [0.25, 0.3) is 0 Å². The minimum absolute atomic E-state index is 0.348. The summed E-state index contributed by atoms with van der Waals surface area (Å²) in [7, 11) is 0. The second kappa shape index (κ2) is 4.76. The monoisotopic (exact) mass is 212 g/mol. The molecule has 0 aromatic carbocycles. The first kappa shape index (κ1) is 11.5. The molecule has 1 rings (SSSR count). The molecule has 0 spiro atoms. The van der Waals surface area contributed by atoms with Crippen LogP contribution in [0.1, 0.15) is 30.9 Å². The smallest absolute Gasteiger partial charge is 0.0621 e. The first-order chi connectivity index (χ1) is 6.57. The molecule has 1 unspecified atom stereocenters. The van der Waals surface area contributed by atoms with Crippen LogP contribution in [0, 0.1) is 12.8 Å². The lowest BCUT2D eigenvalue weighted by Crippen LogP contribution is -2.19. The minimum Gasteiger partial charge on any atom is -0.330 e. The number of rotatable bonds is 3. The lowest BCUT2D eigenvalue weighted by Gasteiger charge is -2.21. The molecule has 2 nitrogen and oxygen atoms in total. The van der Waals surface area contributed by atoms with Crippen molar-refractivity contribution >= 4 is 11.6 Å². The third-order valence-corrected chi connectivity index (χ3v) is 3.03. The number of hydrogen-bond acceptors (Lipinski definition) is 2. The molecule has 1 atom stereocenters. The van der Waals surface area contributed by atoms with E-state index in [4.69, 9.17) is 17.3 Å². The van der Waals surface area contributed by atoms with E-state index in [0.29, 0.717) is 18.4 Å². The van der Waals surface area contributed by atoms with Crippen molar-refractivity contribution in [2.45, 2.75) is 26.7 Å². The van der Waals surface area contributed by atoms with Crippen molar-refractivity contribution in [3.63, 3.8) is 0 Å². The Bertz CT molecular complexity index is 310. The normalized spacial score (nSPS) is 13.3. The van der Waals surface area contributed by atoms with Gasteiger partial charge >= 0.3 is 0 Å². The summed E-state index contributed by atoms with van der Waals surface area (Å²) in [6.07, 6.45) is 3.55. The van der Waals surface area contributed by atoms with Gasteiger partial charge in [0.2, 0.25) is 0 Å². The van der Waals surface area contributed by atoms with E-state index in [1.54, 1.807) is 6.20 Å². The lowest BCUT2D eigenvalue weighted by atomic mass is 9.87. The van der Waals surface area contributed by atoms with Crippen LogP contribution in [-0.4, -0.2) is 11.5 Å². The molecule has 1 heterocycles. The van der Waals surface area contributed by atoms with Gasteiger partial charge in [0, 0.05) is 18.3 Å². The first-order valence-corrected chi connectivity index (χ1v) is 5.25. The second-order valence-corrected chi connectivity index (χ2v) is 4.33. The van der Waals surface area contributed by atoms with Crippen molar-refractivity contribution < 1.29 is 0 Å². The highest BCUT2D eigenvalue weighted by molar-refractivity contribution is 6.31. The summed E-state index contributed by atoms with van der Waals surface area (Å²) in [5, 5.41) is 0.724. The molecule has 1 aromatic heterocycles. The second-order valence-electron chi connectivity index (χ2n) is 3.92. The van der Waals surface area contributed by atoms with E-state index in [1.165, 1.54) is 5.56 Å². The van der Waals surface area contributed by atoms with Crippen LogP contribution in [0.3, 0.4) is 0 Å². The fourth-order valence-corrected chi connectivity index (χ4v) is 1.81. The maximum absolute atomic E-state index is 6.02. The van der Waals surface area contributed by atoms with Gasteiger partial charge in [0.15, 0.2) is 0 Å². The van der Waals surface area contributed by atoms with Crippen LogP contribution in [0.5, 0.6) is 0 Å². The zero-order valence-corrected chi connectivity index (χ0v) is 9.67. The molecule has 14 heavy (non-hydrogen) atoms. The number of aromatic nitrogens is 1. The molecular weight excluding hydrogens is 196 g/mol. The highest BCUT2D eigenvalue weighted by atomic mass is 35.5. The van der Waals surface area contributed by atoms with E-state index in [-0.39, 0.29) is 0 Å². The van der Waals surface area contributed by atoms with Crippen molar-refractivity contribution in [3.05, 3.63) is 28.5 Å². The predicted octanol–water partition coefficient (Wildman–Crippen LogP) is 2.74. The van der Waals surface area contributed by atoms with Gasteiger partial charge in [-0.2, -0.15) is 0 Å². The maximum atomic E-state index is 6.02. The SMILES string of the molecule is Cc1c(Cl)cncc1C(CN)C(C)C. The molecule has 3 heteroatoms. The quantitative estimate of drug-likeness (QED) is 0.837. The summed E-state index contributed by atoms with van der Waals surface area (Å²) >= 11 is 6.02. The summed E-state index contributed by atoms with van der Waals surface area (Å²) in [4.78, 5) is 4.11. The van der Waals surface area contributed by atoms with Crippen LogP contribution in [0.4, 0.5) is 0 Å². The van der Waals surface area contributed by atoms with Crippen LogP contribution < -0.4 is 5.73 Å². The van der Waals surface area contributed by atoms with E-state index in [2.05, 4.69) is 18.8 Å². The van der Waals surface area contributed by atoms with E-state index in [9.17, 15) is 0 Å². The number of nitrogens with two attached hydrogens (primary N) is 1. The van der Waals surface area contributed by atoms with Gasteiger partial charge in [0.1, 0.15) is 0 Å². The van der Waals surface area contributed by atoms with E-state index in [0.717, 1.165) is 10.6 Å². The Kier molecular flexibility index (Phi) is 3.90. The van der Waals surface area contributed by atoms with Gasteiger partial charge in [-0.25, -0.2) is 0 Å². The fraction of sp³-hybridized carbons (Fsp3) is 0.545. The number of pyridine rings is 1. The molecule has 0 aliphatic rings. The Balaban J connectivity index is 3.10. The van der Waals surface area contributed by atoms with Gasteiger partial charge in [-0.1, -0.05) is 25.4 Å². The van der Waals surface area contributed by atoms with E-state index in [1.807, 2.05) is 13.1 Å². The predicted molar refractivity (Wildman–Crippen MR) is 60.6 cm³/mol. The Morgan fingerprint density at radius 1 is 1.43 bits per heavy atom. The highest BCUT2D eigenvalue weighted by Gasteiger charge is 2.17. The molecule has 0 aliphatic heterocycles. The fourth-order valence-electron chi connectivity index (χ4n) is 1.65. The third-order valence-electron chi connectivity index (χ3n) is 2.65. The van der Waals surface area contributed by atoms with E-state index >= 15 is 0 Å². The van der Waals surface area contributed by atoms with Crippen molar-refractivity contribution in [1.82, 2.24) is 4.98 Å². The van der Waals surface area contributed by atoms with Gasteiger partial charge < -0.3 is 5.73 Å². The summed E-state index contributed by atoms with van der Waals surface area (Å²) < 4.78 is 0. The van der Waals surface area contributed by atoms with Crippen LogP contribution in [0.15, 0.2) is 12.4 Å². The van der Waals surface area contributed by atoms with Crippen LogP contribution in [0.2, 0.25) is 5.02 Å². The van der Waals surface area contributed by atoms with Crippen molar-refractivity contribution in [3.8, 4) is 0 Å². The van der Waals surface area contributed by atoms with Crippen LogP contribution in [-0.2, 0) is 0 Å².